The molecule has 0 aliphatic carbocycles. The van der Waals surface area contributed by atoms with Gasteiger partial charge in [-0.3, -0.25) is 9.59 Å². The normalized spacial score (nSPS) is 15.6. The lowest BCUT2D eigenvalue weighted by molar-refractivity contribution is 0.0689. The number of carbonyl (C=O) groups is 1. The van der Waals surface area contributed by atoms with E-state index in [0.29, 0.717) is 30.3 Å². The van der Waals surface area contributed by atoms with Gasteiger partial charge in [0.1, 0.15) is 23.3 Å². The zero-order chi connectivity index (χ0) is 19.1. The fraction of sp³-hybridized carbons (Fsp3) is 0.474. The van der Waals surface area contributed by atoms with Gasteiger partial charge < -0.3 is 18.5 Å². The van der Waals surface area contributed by atoms with E-state index in [1.807, 2.05) is 28.9 Å². The predicted molar refractivity (Wildman–Crippen MR) is 99.5 cm³/mol. The summed E-state index contributed by atoms with van der Waals surface area (Å²) in [6, 6.07) is 0. The molecule has 1 aliphatic heterocycles. The maximum absolute atomic E-state index is 13.1. The zero-order valence-electron chi connectivity index (χ0n) is 15.8. The molecule has 8 heteroatoms. The van der Waals surface area contributed by atoms with E-state index in [9.17, 15) is 9.59 Å². The summed E-state index contributed by atoms with van der Waals surface area (Å²) < 4.78 is 8.98. The van der Waals surface area contributed by atoms with Gasteiger partial charge in [0.25, 0.3) is 11.5 Å². The molecular weight excluding hydrogens is 346 g/mol. The number of aromatic nitrogens is 4. The lowest BCUT2D eigenvalue weighted by Gasteiger charge is -2.31. The molecule has 3 aromatic heterocycles. The second kappa shape index (κ2) is 6.68. The van der Waals surface area contributed by atoms with Gasteiger partial charge in [-0.05, 0) is 25.7 Å². The van der Waals surface area contributed by atoms with E-state index in [4.69, 9.17) is 4.42 Å². The molecule has 8 nitrogen and oxygen atoms in total. The van der Waals surface area contributed by atoms with Gasteiger partial charge in [0.15, 0.2) is 0 Å². The molecule has 1 amide bonds. The van der Waals surface area contributed by atoms with E-state index in [0.717, 1.165) is 25.1 Å². The van der Waals surface area contributed by atoms with Crippen molar-refractivity contribution < 1.29 is 9.21 Å². The molecule has 1 aliphatic rings. The average molecular weight is 369 g/mol. The molecule has 142 valence electrons. The molecule has 1 saturated heterocycles. The van der Waals surface area contributed by atoms with Gasteiger partial charge in [-0.1, -0.05) is 0 Å². The number of hydrogen-bond donors (Lipinski definition) is 0. The quantitative estimate of drug-likeness (QED) is 0.701. The van der Waals surface area contributed by atoms with E-state index in [2.05, 4.69) is 9.97 Å². The molecular formula is C19H23N5O3. The number of likely N-dealkylation sites (tertiary alicyclic amines) is 1. The average Bonchev–Trinajstić information content (AvgIpc) is 3.21. The van der Waals surface area contributed by atoms with Gasteiger partial charge in [0.2, 0.25) is 5.71 Å². The number of hydrogen-bond acceptors (Lipinski definition) is 5. The monoisotopic (exact) mass is 369 g/mol. The van der Waals surface area contributed by atoms with Crippen LogP contribution in [0, 0.1) is 12.8 Å². The number of piperidine rings is 1. The van der Waals surface area contributed by atoms with Crippen LogP contribution in [-0.2, 0) is 20.5 Å². The number of furan rings is 1. The highest BCUT2D eigenvalue weighted by Crippen LogP contribution is 2.26. The van der Waals surface area contributed by atoms with E-state index in [1.54, 1.807) is 14.0 Å². The number of nitrogens with zero attached hydrogens (tertiary/aromatic N) is 5. The summed E-state index contributed by atoms with van der Waals surface area (Å²) in [7, 11) is 3.62. The van der Waals surface area contributed by atoms with Crippen molar-refractivity contribution >= 4 is 17.0 Å². The summed E-state index contributed by atoms with van der Waals surface area (Å²) in [4.78, 5) is 35.9. The Morgan fingerprint density at radius 1 is 1.22 bits per heavy atom. The van der Waals surface area contributed by atoms with Gasteiger partial charge in [-0.25, -0.2) is 9.97 Å². The Hall–Kier alpha value is -2.90. The zero-order valence-corrected chi connectivity index (χ0v) is 15.8. The summed E-state index contributed by atoms with van der Waals surface area (Å²) in [5, 5.41) is 0.276. The predicted octanol–water partition coefficient (Wildman–Crippen LogP) is 1.66. The maximum Gasteiger partial charge on any atom is 0.265 e. The van der Waals surface area contributed by atoms with Crippen LogP contribution >= 0.6 is 0 Å². The van der Waals surface area contributed by atoms with Crippen LogP contribution < -0.4 is 5.56 Å². The number of aryl methyl sites for hydroxylation is 3. The van der Waals surface area contributed by atoms with E-state index >= 15 is 0 Å². The molecule has 0 spiro atoms. The number of amides is 1. The van der Waals surface area contributed by atoms with E-state index in [-0.39, 0.29) is 22.6 Å². The maximum atomic E-state index is 13.1. The highest BCUT2D eigenvalue weighted by Gasteiger charge is 2.29. The second-order valence-electron chi connectivity index (χ2n) is 7.27. The third-order valence-electron chi connectivity index (χ3n) is 5.46. The second-order valence-corrected chi connectivity index (χ2v) is 7.27. The van der Waals surface area contributed by atoms with Crippen molar-refractivity contribution in [2.75, 3.05) is 13.1 Å². The summed E-state index contributed by atoms with van der Waals surface area (Å²) in [5.41, 5.74) is 0.315. The number of carbonyl (C=O) groups excluding carboxylic acids is 1. The van der Waals surface area contributed by atoms with Crippen LogP contribution in [0.5, 0.6) is 0 Å². The molecule has 0 N–H and O–H groups in total. The lowest BCUT2D eigenvalue weighted by atomic mass is 9.92. The highest BCUT2D eigenvalue weighted by molar-refractivity contribution is 6.06. The Morgan fingerprint density at radius 3 is 2.63 bits per heavy atom. The van der Waals surface area contributed by atoms with Crippen molar-refractivity contribution in [3.63, 3.8) is 0 Å². The van der Waals surface area contributed by atoms with Crippen LogP contribution in [-0.4, -0.2) is 43.0 Å². The van der Waals surface area contributed by atoms with Crippen molar-refractivity contribution in [1.82, 2.24) is 24.0 Å². The fourth-order valence-electron chi connectivity index (χ4n) is 3.79. The first-order valence-corrected chi connectivity index (χ1v) is 9.16. The lowest BCUT2D eigenvalue weighted by Crippen LogP contribution is -2.39. The topological polar surface area (TPSA) is 86.2 Å². The van der Waals surface area contributed by atoms with Gasteiger partial charge in [0.05, 0.1) is 5.56 Å². The molecule has 1 fully saturated rings. The van der Waals surface area contributed by atoms with Gasteiger partial charge in [0, 0.05) is 46.0 Å². The van der Waals surface area contributed by atoms with Crippen LogP contribution in [0.1, 0.15) is 34.8 Å². The molecule has 0 aromatic carbocycles. The van der Waals surface area contributed by atoms with Crippen molar-refractivity contribution in [2.24, 2.45) is 20.0 Å². The standard InChI is InChI=1S/C19H23N5O3/c1-12-15(16-17(27-12)21-11-23(3)18(16)25)19(26)24-7-4-13(5-8-24)10-14-20-6-9-22(14)2/h6,9,11,13H,4-5,7-8,10H2,1-3H3. The van der Waals surface area contributed by atoms with Crippen molar-refractivity contribution in [1.29, 1.82) is 0 Å². The summed E-state index contributed by atoms with van der Waals surface area (Å²) >= 11 is 0. The van der Waals surface area contributed by atoms with Gasteiger partial charge in [-0.15, -0.1) is 0 Å². The summed E-state index contributed by atoms with van der Waals surface area (Å²) in [6.45, 7) is 3.05. The Balaban J connectivity index is 1.53. The molecule has 27 heavy (non-hydrogen) atoms. The first kappa shape index (κ1) is 17.5. The summed E-state index contributed by atoms with van der Waals surface area (Å²) in [6.07, 6.45) is 7.94. The van der Waals surface area contributed by atoms with Crippen LogP contribution in [0.2, 0.25) is 0 Å². The molecule has 4 rings (SSSR count). The van der Waals surface area contributed by atoms with Crippen molar-refractivity contribution in [3.05, 3.63) is 46.2 Å². The molecule has 0 atom stereocenters. The Kier molecular flexibility index (Phi) is 4.33. The number of rotatable bonds is 3. The minimum Gasteiger partial charge on any atom is -0.442 e. The fourth-order valence-corrected chi connectivity index (χ4v) is 3.79. The Morgan fingerprint density at radius 2 is 1.96 bits per heavy atom. The van der Waals surface area contributed by atoms with Crippen LogP contribution in [0.25, 0.3) is 11.1 Å². The van der Waals surface area contributed by atoms with Gasteiger partial charge >= 0.3 is 0 Å². The van der Waals surface area contributed by atoms with Crippen LogP contribution in [0.3, 0.4) is 0 Å². The largest absolute Gasteiger partial charge is 0.442 e. The third-order valence-corrected chi connectivity index (χ3v) is 5.46. The molecule has 0 bridgehead atoms. The highest BCUT2D eigenvalue weighted by atomic mass is 16.3. The van der Waals surface area contributed by atoms with Crippen molar-refractivity contribution in [2.45, 2.75) is 26.2 Å². The molecule has 0 unspecified atom stereocenters. The molecule has 3 aromatic rings. The minimum absolute atomic E-state index is 0.146. The first-order valence-electron chi connectivity index (χ1n) is 9.16. The molecule has 4 heterocycles. The van der Waals surface area contributed by atoms with Crippen LogP contribution in [0.15, 0.2) is 27.9 Å². The third kappa shape index (κ3) is 3.05. The smallest absolute Gasteiger partial charge is 0.265 e. The Labute approximate surface area is 156 Å². The molecule has 0 radical (unpaired) electrons. The number of fused-ring (bicyclic) bond motifs is 1. The van der Waals surface area contributed by atoms with Crippen LogP contribution in [0.4, 0.5) is 0 Å². The van der Waals surface area contributed by atoms with Gasteiger partial charge in [-0.2, -0.15) is 0 Å². The molecule has 0 saturated carbocycles. The first-order chi connectivity index (χ1) is 13.0. The summed E-state index contributed by atoms with van der Waals surface area (Å²) in [5.74, 6) is 1.88. The number of imidazole rings is 1. The Bertz CT molecular complexity index is 1050. The minimum atomic E-state index is -0.259. The van der Waals surface area contributed by atoms with E-state index < -0.39 is 0 Å². The van der Waals surface area contributed by atoms with E-state index in [1.165, 1.54) is 10.9 Å². The van der Waals surface area contributed by atoms with Crippen molar-refractivity contribution in [3.8, 4) is 0 Å². The SMILES string of the molecule is Cc1oc2ncn(C)c(=O)c2c1C(=O)N1CCC(Cc2nccn2C)CC1.